The number of aromatic nitrogens is 1. The fourth-order valence-corrected chi connectivity index (χ4v) is 2.77. The van der Waals surface area contributed by atoms with E-state index < -0.39 is 0 Å². The van der Waals surface area contributed by atoms with Crippen LogP contribution in [0, 0.1) is 6.92 Å². The third-order valence-electron chi connectivity index (χ3n) is 4.02. The highest BCUT2D eigenvalue weighted by atomic mass is 16.2. The Bertz CT molecular complexity index is 747. The van der Waals surface area contributed by atoms with E-state index in [4.69, 9.17) is 0 Å². The van der Waals surface area contributed by atoms with Gasteiger partial charge in [-0.1, -0.05) is 18.2 Å². The number of aryl methyl sites for hydroxylation is 2. The monoisotopic (exact) mass is 282 g/mol. The summed E-state index contributed by atoms with van der Waals surface area (Å²) in [7, 11) is 0. The van der Waals surface area contributed by atoms with Crippen LogP contribution in [0.4, 0.5) is 5.69 Å². The third kappa shape index (κ3) is 2.61. The van der Waals surface area contributed by atoms with Gasteiger partial charge in [0.25, 0.3) is 5.91 Å². The number of carbonyl (C=O) groups is 1. The molecule has 21 heavy (non-hydrogen) atoms. The predicted octanol–water partition coefficient (Wildman–Crippen LogP) is 2.81. The third-order valence-corrected chi connectivity index (χ3v) is 4.02. The molecule has 4 heteroatoms. The molecule has 3 rings (SSSR count). The SMILES string of the molecule is Cc1ccccc1NC(=O)c1c[nH]c2c(c1=O)CCCC2. The highest BCUT2D eigenvalue weighted by Gasteiger charge is 2.19. The lowest BCUT2D eigenvalue weighted by atomic mass is 9.94. The van der Waals surface area contributed by atoms with Crippen LogP contribution in [-0.2, 0) is 12.8 Å². The maximum Gasteiger partial charge on any atom is 0.261 e. The van der Waals surface area contributed by atoms with Gasteiger partial charge in [0.15, 0.2) is 5.43 Å². The van der Waals surface area contributed by atoms with Crippen molar-refractivity contribution in [3.05, 3.63) is 63.1 Å². The predicted molar refractivity (Wildman–Crippen MR) is 82.8 cm³/mol. The number of H-pyrrole nitrogens is 1. The zero-order chi connectivity index (χ0) is 14.8. The number of hydrogen-bond acceptors (Lipinski definition) is 2. The summed E-state index contributed by atoms with van der Waals surface area (Å²) in [5.41, 5.74) is 3.53. The van der Waals surface area contributed by atoms with E-state index in [9.17, 15) is 9.59 Å². The molecule has 108 valence electrons. The smallest absolute Gasteiger partial charge is 0.261 e. The minimum Gasteiger partial charge on any atom is -0.364 e. The Hall–Kier alpha value is -2.36. The van der Waals surface area contributed by atoms with Crippen LogP contribution in [0.25, 0.3) is 0 Å². The Morgan fingerprint density at radius 2 is 1.95 bits per heavy atom. The Balaban J connectivity index is 1.92. The fourth-order valence-electron chi connectivity index (χ4n) is 2.77. The van der Waals surface area contributed by atoms with E-state index in [1.54, 1.807) is 6.20 Å². The van der Waals surface area contributed by atoms with Gasteiger partial charge in [-0.2, -0.15) is 0 Å². The minimum atomic E-state index is -0.348. The molecule has 0 fully saturated rings. The van der Waals surface area contributed by atoms with Crippen molar-refractivity contribution in [2.24, 2.45) is 0 Å². The van der Waals surface area contributed by atoms with Gasteiger partial charge in [-0.15, -0.1) is 0 Å². The van der Waals surface area contributed by atoms with Crippen LogP contribution in [0.15, 0.2) is 35.3 Å². The summed E-state index contributed by atoms with van der Waals surface area (Å²) in [6.07, 6.45) is 5.30. The van der Waals surface area contributed by atoms with Crippen LogP contribution in [0.3, 0.4) is 0 Å². The normalized spacial score (nSPS) is 13.6. The molecule has 1 aliphatic rings. The lowest BCUT2D eigenvalue weighted by molar-refractivity contribution is 0.102. The van der Waals surface area contributed by atoms with Crippen molar-refractivity contribution in [3.8, 4) is 0 Å². The Kier molecular flexibility index (Phi) is 3.60. The summed E-state index contributed by atoms with van der Waals surface area (Å²) in [5, 5.41) is 2.82. The number of carbonyl (C=O) groups excluding carboxylic acids is 1. The number of pyridine rings is 1. The molecule has 0 aliphatic heterocycles. The first-order chi connectivity index (χ1) is 10.2. The number of hydrogen-bond donors (Lipinski definition) is 2. The number of rotatable bonds is 2. The molecule has 0 saturated heterocycles. The maximum atomic E-state index is 12.4. The Labute approximate surface area is 123 Å². The summed E-state index contributed by atoms with van der Waals surface area (Å²) in [4.78, 5) is 27.9. The summed E-state index contributed by atoms with van der Waals surface area (Å²) in [6, 6.07) is 7.53. The number of benzene rings is 1. The van der Waals surface area contributed by atoms with E-state index in [0.717, 1.165) is 48.2 Å². The number of fused-ring (bicyclic) bond motifs is 1. The van der Waals surface area contributed by atoms with Crippen molar-refractivity contribution in [2.75, 3.05) is 5.32 Å². The van der Waals surface area contributed by atoms with Crippen molar-refractivity contribution < 1.29 is 4.79 Å². The van der Waals surface area contributed by atoms with Gasteiger partial charge in [-0.3, -0.25) is 9.59 Å². The topological polar surface area (TPSA) is 62.0 Å². The molecule has 0 atom stereocenters. The van der Waals surface area contributed by atoms with Crippen LogP contribution in [0.2, 0.25) is 0 Å². The second-order valence-electron chi connectivity index (χ2n) is 5.46. The second kappa shape index (κ2) is 5.56. The number of anilines is 1. The molecule has 1 aromatic heterocycles. The molecule has 0 spiro atoms. The van der Waals surface area contributed by atoms with E-state index in [0.29, 0.717) is 0 Å². The van der Waals surface area contributed by atoms with Crippen molar-refractivity contribution in [3.63, 3.8) is 0 Å². The van der Waals surface area contributed by atoms with Crippen LogP contribution in [-0.4, -0.2) is 10.9 Å². The molecule has 0 saturated carbocycles. The Morgan fingerprint density at radius 1 is 1.19 bits per heavy atom. The molecule has 2 N–H and O–H groups in total. The van der Waals surface area contributed by atoms with Gasteiger partial charge >= 0.3 is 0 Å². The highest BCUT2D eigenvalue weighted by molar-refractivity contribution is 6.04. The molecule has 2 aromatic rings. The van der Waals surface area contributed by atoms with Crippen LogP contribution < -0.4 is 10.7 Å². The van der Waals surface area contributed by atoms with Crippen molar-refractivity contribution in [2.45, 2.75) is 32.6 Å². The maximum absolute atomic E-state index is 12.4. The zero-order valence-electron chi connectivity index (χ0n) is 12.0. The standard InChI is InChI=1S/C17H18N2O2/c1-11-6-2-4-8-14(11)19-17(21)13-10-18-15-9-5-3-7-12(15)16(13)20/h2,4,6,8,10H,3,5,7,9H2,1H3,(H,18,20)(H,19,21). The van der Waals surface area contributed by atoms with E-state index in [-0.39, 0.29) is 16.9 Å². The van der Waals surface area contributed by atoms with Gasteiger partial charge in [-0.05, 0) is 44.2 Å². The summed E-state index contributed by atoms with van der Waals surface area (Å²) in [5.74, 6) is -0.348. The van der Waals surface area contributed by atoms with Crippen LogP contribution in [0.5, 0.6) is 0 Å². The molecule has 0 unspecified atom stereocenters. The van der Waals surface area contributed by atoms with E-state index in [2.05, 4.69) is 10.3 Å². The van der Waals surface area contributed by atoms with Crippen molar-refractivity contribution >= 4 is 11.6 Å². The fraction of sp³-hybridized carbons (Fsp3) is 0.294. The van der Waals surface area contributed by atoms with Gasteiger partial charge in [0, 0.05) is 23.1 Å². The van der Waals surface area contributed by atoms with E-state index in [1.165, 1.54) is 0 Å². The molecule has 1 heterocycles. The number of nitrogens with one attached hydrogen (secondary N) is 2. The Morgan fingerprint density at radius 3 is 2.76 bits per heavy atom. The van der Waals surface area contributed by atoms with Gasteiger partial charge < -0.3 is 10.3 Å². The molecular formula is C17H18N2O2. The van der Waals surface area contributed by atoms with Gasteiger partial charge in [0.05, 0.1) is 0 Å². The first-order valence-corrected chi connectivity index (χ1v) is 7.27. The highest BCUT2D eigenvalue weighted by Crippen LogP contribution is 2.17. The van der Waals surface area contributed by atoms with Gasteiger partial charge in [0.1, 0.15) is 5.56 Å². The molecular weight excluding hydrogens is 264 g/mol. The van der Waals surface area contributed by atoms with Crippen LogP contribution >= 0.6 is 0 Å². The molecule has 1 amide bonds. The zero-order valence-corrected chi connectivity index (χ0v) is 12.0. The second-order valence-corrected chi connectivity index (χ2v) is 5.46. The van der Waals surface area contributed by atoms with Crippen LogP contribution in [0.1, 0.15) is 40.0 Å². The molecule has 1 aliphatic carbocycles. The van der Waals surface area contributed by atoms with E-state index in [1.807, 2.05) is 31.2 Å². The lowest BCUT2D eigenvalue weighted by Gasteiger charge is -2.15. The number of para-hydroxylation sites is 1. The first-order valence-electron chi connectivity index (χ1n) is 7.27. The summed E-state index contributed by atoms with van der Waals surface area (Å²) >= 11 is 0. The van der Waals surface area contributed by atoms with E-state index >= 15 is 0 Å². The molecule has 1 aromatic carbocycles. The van der Waals surface area contributed by atoms with Crippen molar-refractivity contribution in [1.82, 2.24) is 4.98 Å². The largest absolute Gasteiger partial charge is 0.364 e. The van der Waals surface area contributed by atoms with Crippen molar-refractivity contribution in [1.29, 1.82) is 0 Å². The lowest BCUT2D eigenvalue weighted by Crippen LogP contribution is -2.27. The van der Waals surface area contributed by atoms with Gasteiger partial charge in [-0.25, -0.2) is 0 Å². The first kappa shape index (κ1) is 13.6. The molecule has 0 radical (unpaired) electrons. The van der Waals surface area contributed by atoms with Gasteiger partial charge in [0.2, 0.25) is 0 Å². The number of amides is 1. The average molecular weight is 282 g/mol. The minimum absolute atomic E-state index is 0.130. The number of aromatic amines is 1. The average Bonchev–Trinajstić information content (AvgIpc) is 2.50. The summed E-state index contributed by atoms with van der Waals surface area (Å²) < 4.78 is 0. The molecule has 4 nitrogen and oxygen atoms in total. The molecule has 0 bridgehead atoms. The quantitative estimate of drug-likeness (QED) is 0.889. The summed E-state index contributed by atoms with van der Waals surface area (Å²) in [6.45, 7) is 1.92.